The van der Waals surface area contributed by atoms with Crippen LogP contribution in [0.25, 0.3) is 10.8 Å². The van der Waals surface area contributed by atoms with Crippen LogP contribution >= 0.6 is 0 Å². The maximum atomic E-state index is 11.7. The first-order chi connectivity index (χ1) is 10.5. The fraction of sp³-hybridized carbons (Fsp3) is 0.250. The second-order valence-electron chi connectivity index (χ2n) is 4.69. The topological polar surface area (TPSA) is 93.1 Å². The number of aliphatic carboxylic acids is 1. The molecule has 22 heavy (non-hydrogen) atoms. The Morgan fingerprint density at radius 1 is 1.09 bits per heavy atom. The van der Waals surface area contributed by atoms with Gasteiger partial charge in [-0.1, -0.05) is 24.3 Å². The van der Waals surface area contributed by atoms with E-state index in [9.17, 15) is 14.7 Å². The zero-order chi connectivity index (χ0) is 16.1. The summed E-state index contributed by atoms with van der Waals surface area (Å²) < 4.78 is 10.4. The summed E-state index contributed by atoms with van der Waals surface area (Å²) in [6.45, 7) is 0. The lowest BCUT2D eigenvalue weighted by molar-refractivity contribution is -0.137. The molecule has 6 heteroatoms. The number of carbonyl (C=O) groups excluding carboxylic acids is 1. The van der Waals surface area contributed by atoms with Crippen LogP contribution in [0, 0.1) is 0 Å². The van der Waals surface area contributed by atoms with E-state index in [0.717, 1.165) is 0 Å². The van der Waals surface area contributed by atoms with Crippen molar-refractivity contribution in [3.63, 3.8) is 0 Å². The largest absolute Gasteiger partial charge is 0.504 e. The van der Waals surface area contributed by atoms with Crippen molar-refractivity contribution in [1.29, 1.82) is 0 Å². The number of benzene rings is 2. The summed E-state index contributed by atoms with van der Waals surface area (Å²) in [4.78, 5) is 22.1. The number of fused-ring (bicyclic) bond motifs is 1. The maximum Gasteiger partial charge on any atom is 0.311 e. The lowest BCUT2D eigenvalue weighted by Gasteiger charge is -2.12. The van der Waals surface area contributed by atoms with Crippen molar-refractivity contribution >= 4 is 22.7 Å². The molecule has 0 amide bonds. The normalized spacial score (nSPS) is 10.4. The molecule has 0 spiro atoms. The molecule has 116 valence electrons. The van der Waals surface area contributed by atoms with E-state index in [1.54, 1.807) is 18.2 Å². The number of phenolic OH excluding ortho intramolecular Hbond substituents is 1. The average molecular weight is 304 g/mol. The van der Waals surface area contributed by atoms with Gasteiger partial charge in [0.15, 0.2) is 11.5 Å². The van der Waals surface area contributed by atoms with Crippen molar-refractivity contribution in [2.45, 2.75) is 19.3 Å². The van der Waals surface area contributed by atoms with Gasteiger partial charge < -0.3 is 19.7 Å². The molecule has 0 saturated heterocycles. The molecule has 0 aliphatic rings. The summed E-state index contributed by atoms with van der Waals surface area (Å²) in [7, 11) is 1.48. The third kappa shape index (κ3) is 3.46. The van der Waals surface area contributed by atoms with Crippen LogP contribution in [-0.2, 0) is 9.59 Å². The lowest BCUT2D eigenvalue weighted by Crippen LogP contribution is -2.09. The van der Waals surface area contributed by atoms with E-state index in [4.69, 9.17) is 14.6 Å². The molecule has 0 atom stereocenters. The van der Waals surface area contributed by atoms with E-state index < -0.39 is 11.9 Å². The van der Waals surface area contributed by atoms with Crippen LogP contribution in [0.1, 0.15) is 19.3 Å². The number of hydrogen-bond acceptors (Lipinski definition) is 5. The van der Waals surface area contributed by atoms with Crippen molar-refractivity contribution in [1.82, 2.24) is 0 Å². The summed E-state index contributed by atoms with van der Waals surface area (Å²) in [5.74, 6) is -1.25. The number of aromatic hydroxyl groups is 1. The molecule has 0 fully saturated rings. The van der Waals surface area contributed by atoms with E-state index in [1.165, 1.54) is 13.2 Å². The van der Waals surface area contributed by atoms with E-state index in [2.05, 4.69) is 0 Å². The smallest absolute Gasteiger partial charge is 0.311 e. The lowest BCUT2D eigenvalue weighted by atomic mass is 10.1. The highest BCUT2D eigenvalue weighted by molar-refractivity contribution is 5.96. The summed E-state index contributed by atoms with van der Waals surface area (Å²) in [5, 5.41) is 20.0. The number of rotatable bonds is 6. The minimum absolute atomic E-state index is 0.00382. The molecule has 0 aromatic heterocycles. The van der Waals surface area contributed by atoms with Gasteiger partial charge in [0.05, 0.1) is 7.11 Å². The van der Waals surface area contributed by atoms with Gasteiger partial charge in [0, 0.05) is 29.7 Å². The molecule has 0 aliphatic heterocycles. The van der Waals surface area contributed by atoms with Gasteiger partial charge in [0.2, 0.25) is 0 Å². The van der Waals surface area contributed by atoms with Crippen molar-refractivity contribution in [2.24, 2.45) is 0 Å². The second kappa shape index (κ2) is 6.80. The molecular weight excluding hydrogens is 288 g/mol. The first-order valence-corrected chi connectivity index (χ1v) is 6.74. The first-order valence-electron chi connectivity index (χ1n) is 6.74. The number of ether oxygens (including phenoxy) is 2. The first kappa shape index (κ1) is 15.6. The summed E-state index contributed by atoms with van der Waals surface area (Å²) in [6.07, 6.45) is 0.0304. The zero-order valence-electron chi connectivity index (χ0n) is 12.0. The molecule has 0 aliphatic carbocycles. The van der Waals surface area contributed by atoms with Gasteiger partial charge in [-0.2, -0.15) is 0 Å². The molecule has 2 rings (SSSR count). The quantitative estimate of drug-likeness (QED) is 0.629. The Morgan fingerprint density at radius 3 is 2.41 bits per heavy atom. The van der Waals surface area contributed by atoms with Gasteiger partial charge in [0.25, 0.3) is 0 Å². The Kier molecular flexibility index (Phi) is 4.83. The highest BCUT2D eigenvalue weighted by Gasteiger charge is 2.15. The predicted octanol–water partition coefficient (Wildman–Crippen LogP) is 2.71. The fourth-order valence-electron chi connectivity index (χ4n) is 2.11. The van der Waals surface area contributed by atoms with Crippen molar-refractivity contribution < 1.29 is 29.3 Å². The molecule has 0 radical (unpaired) electrons. The Hall–Kier alpha value is -2.76. The Balaban J connectivity index is 2.22. The number of phenols is 1. The van der Waals surface area contributed by atoms with Crippen LogP contribution in [0.2, 0.25) is 0 Å². The number of carbonyl (C=O) groups is 2. The van der Waals surface area contributed by atoms with Gasteiger partial charge in [0.1, 0.15) is 5.75 Å². The van der Waals surface area contributed by atoms with Gasteiger partial charge in [-0.3, -0.25) is 9.59 Å². The monoisotopic (exact) mass is 304 g/mol. The average Bonchev–Trinajstić information content (AvgIpc) is 2.50. The number of hydrogen-bond donors (Lipinski definition) is 2. The fourth-order valence-corrected chi connectivity index (χ4v) is 2.11. The van der Waals surface area contributed by atoms with Crippen LogP contribution < -0.4 is 9.47 Å². The molecule has 0 heterocycles. The highest BCUT2D eigenvalue weighted by atomic mass is 16.5. The third-order valence-electron chi connectivity index (χ3n) is 3.16. The number of carboxylic acids is 1. The van der Waals surface area contributed by atoms with Gasteiger partial charge in [-0.15, -0.1) is 0 Å². The SMILES string of the molecule is COc1cc(OC(=O)CCCC(=O)O)c(O)c2ccccc12. The Morgan fingerprint density at radius 2 is 1.77 bits per heavy atom. The molecule has 0 bridgehead atoms. The maximum absolute atomic E-state index is 11.7. The molecule has 0 unspecified atom stereocenters. The second-order valence-corrected chi connectivity index (χ2v) is 4.69. The zero-order valence-corrected chi connectivity index (χ0v) is 12.0. The summed E-state index contributed by atoms with van der Waals surface area (Å²) in [5.41, 5.74) is 0. The van der Waals surface area contributed by atoms with Gasteiger partial charge in [-0.25, -0.2) is 0 Å². The number of carboxylic acid groups (broad SMARTS) is 1. The van der Waals surface area contributed by atoms with Crippen LogP contribution in [0.5, 0.6) is 17.2 Å². The minimum atomic E-state index is -0.969. The van der Waals surface area contributed by atoms with Gasteiger partial charge >= 0.3 is 11.9 Å². The van der Waals surface area contributed by atoms with Crippen LogP contribution in [0.15, 0.2) is 30.3 Å². The predicted molar refractivity (Wildman–Crippen MR) is 79.3 cm³/mol. The molecule has 0 saturated carbocycles. The van der Waals surface area contributed by atoms with E-state index in [0.29, 0.717) is 16.5 Å². The summed E-state index contributed by atoms with van der Waals surface area (Å²) >= 11 is 0. The Labute approximate surface area is 126 Å². The standard InChI is InChI=1S/C16H16O6/c1-21-12-9-13(22-15(19)8-4-7-14(17)18)16(20)11-6-3-2-5-10(11)12/h2-3,5-6,9,20H,4,7-8H2,1H3,(H,17,18). The highest BCUT2D eigenvalue weighted by Crippen LogP contribution is 2.40. The third-order valence-corrected chi connectivity index (χ3v) is 3.16. The van der Waals surface area contributed by atoms with E-state index in [-0.39, 0.29) is 30.8 Å². The number of esters is 1. The molecular formula is C16H16O6. The molecule has 2 aromatic rings. The van der Waals surface area contributed by atoms with Crippen LogP contribution in [0.4, 0.5) is 0 Å². The van der Waals surface area contributed by atoms with Crippen LogP contribution in [0.3, 0.4) is 0 Å². The summed E-state index contributed by atoms with van der Waals surface area (Å²) in [6, 6.07) is 8.47. The van der Waals surface area contributed by atoms with Crippen LogP contribution in [-0.4, -0.2) is 29.3 Å². The number of methoxy groups -OCH3 is 1. The molecule has 6 nitrogen and oxygen atoms in total. The Bertz CT molecular complexity index is 707. The minimum Gasteiger partial charge on any atom is -0.504 e. The van der Waals surface area contributed by atoms with Crippen molar-refractivity contribution in [3.05, 3.63) is 30.3 Å². The molecule has 2 aromatic carbocycles. The molecule has 2 N–H and O–H groups in total. The van der Waals surface area contributed by atoms with Crippen molar-refractivity contribution in [3.8, 4) is 17.2 Å². The van der Waals surface area contributed by atoms with E-state index >= 15 is 0 Å². The van der Waals surface area contributed by atoms with E-state index in [1.807, 2.05) is 6.07 Å². The van der Waals surface area contributed by atoms with Crippen molar-refractivity contribution in [2.75, 3.05) is 7.11 Å². The van der Waals surface area contributed by atoms with Gasteiger partial charge in [-0.05, 0) is 6.42 Å².